The first-order valence-corrected chi connectivity index (χ1v) is 17.0. The number of rotatable bonds is 8. The second-order valence-corrected chi connectivity index (χ2v) is 13.3. The van der Waals surface area contributed by atoms with Crippen LogP contribution in [0.5, 0.6) is 0 Å². The summed E-state index contributed by atoms with van der Waals surface area (Å²) in [6.07, 6.45) is 0.0831. The number of β-amino-alcohol motifs (C(OH)–C–C–N with tert-alkyl or cyclic N) is 2. The number of carbonyl (C=O) groups is 4. The van der Waals surface area contributed by atoms with E-state index in [1.165, 1.54) is 9.80 Å². The minimum Gasteiger partial charge on any atom is -0.436 e. The van der Waals surface area contributed by atoms with E-state index in [0.29, 0.717) is 57.1 Å². The molecule has 2 saturated heterocycles. The van der Waals surface area contributed by atoms with Crippen molar-refractivity contribution in [2.24, 2.45) is 0 Å². The molecule has 0 aliphatic carbocycles. The zero-order chi connectivity index (χ0) is 37.6. The van der Waals surface area contributed by atoms with Crippen LogP contribution < -0.4 is 10.6 Å². The van der Waals surface area contributed by atoms with Gasteiger partial charge in [0.1, 0.15) is 34.7 Å². The van der Waals surface area contributed by atoms with Crippen molar-refractivity contribution in [2.45, 2.75) is 64.8 Å². The predicted octanol–water partition coefficient (Wildman–Crippen LogP) is 3.65. The molecule has 0 radical (unpaired) electrons. The Kier molecular flexibility index (Phi) is 9.40. The molecule has 53 heavy (non-hydrogen) atoms. The smallest absolute Gasteiger partial charge is 0.260 e. The number of hydrogen-bond acceptors (Lipinski definition) is 12. The number of amides is 4. The van der Waals surface area contributed by atoms with Crippen LogP contribution in [0.2, 0.25) is 0 Å². The van der Waals surface area contributed by atoms with Gasteiger partial charge in [-0.25, -0.2) is 4.98 Å². The Bertz CT molecular complexity index is 2000. The molecule has 0 saturated carbocycles. The van der Waals surface area contributed by atoms with E-state index in [-0.39, 0.29) is 37.1 Å². The van der Waals surface area contributed by atoms with E-state index in [9.17, 15) is 29.4 Å². The quantitative estimate of drug-likeness (QED) is 0.180. The molecule has 3 aromatic heterocycles. The fourth-order valence-electron chi connectivity index (χ4n) is 6.84. The van der Waals surface area contributed by atoms with E-state index in [4.69, 9.17) is 13.5 Å². The third kappa shape index (κ3) is 6.93. The molecule has 2 aromatic carbocycles. The molecule has 4 N–H and O–H groups in total. The first kappa shape index (κ1) is 35.3. The average Bonchev–Trinajstić information content (AvgIpc) is 3.97. The van der Waals surface area contributed by atoms with E-state index < -0.39 is 47.9 Å². The topological polar surface area (TPSA) is 217 Å². The molecular weight excluding hydrogens is 686 g/mol. The first-order valence-electron chi connectivity index (χ1n) is 17.0. The number of aromatic nitrogens is 3. The number of hydrogen-bond donors (Lipinski definition) is 4. The van der Waals surface area contributed by atoms with Crippen LogP contribution in [-0.2, 0) is 9.59 Å². The average molecular weight is 724 g/mol. The van der Waals surface area contributed by atoms with Gasteiger partial charge in [-0.3, -0.25) is 19.2 Å². The van der Waals surface area contributed by atoms with E-state index in [1.807, 2.05) is 0 Å². The maximum atomic E-state index is 13.3. The van der Waals surface area contributed by atoms with Crippen LogP contribution in [0.3, 0.4) is 0 Å². The van der Waals surface area contributed by atoms with E-state index >= 15 is 0 Å². The molecule has 4 amide bonds. The van der Waals surface area contributed by atoms with Gasteiger partial charge in [0, 0.05) is 48.4 Å². The van der Waals surface area contributed by atoms with Gasteiger partial charge in [-0.05, 0) is 76.2 Å². The number of oxazole rings is 1. The Morgan fingerprint density at radius 2 is 1.11 bits per heavy atom. The minimum atomic E-state index is -0.881. The first-order chi connectivity index (χ1) is 25.4. The van der Waals surface area contributed by atoms with Gasteiger partial charge in [0.05, 0.1) is 29.8 Å². The van der Waals surface area contributed by atoms with Crippen molar-refractivity contribution in [3.8, 4) is 22.8 Å². The molecule has 7 rings (SSSR count). The number of aliphatic hydroxyl groups excluding tert-OH is 2. The Balaban J connectivity index is 0.971. The molecular formula is C37H37N7O9. The summed E-state index contributed by atoms with van der Waals surface area (Å²) in [6, 6.07) is 12.0. The molecule has 5 aromatic rings. The van der Waals surface area contributed by atoms with Crippen LogP contribution in [0, 0.1) is 27.7 Å². The summed E-state index contributed by atoms with van der Waals surface area (Å²) in [5.41, 5.74) is 3.73. The Labute approximate surface area is 302 Å². The van der Waals surface area contributed by atoms with Gasteiger partial charge >= 0.3 is 0 Å². The van der Waals surface area contributed by atoms with Crippen molar-refractivity contribution in [3.63, 3.8) is 0 Å². The summed E-state index contributed by atoms with van der Waals surface area (Å²) >= 11 is 0. The summed E-state index contributed by atoms with van der Waals surface area (Å²) in [7, 11) is 0. The largest absolute Gasteiger partial charge is 0.436 e. The molecule has 4 atom stereocenters. The molecule has 4 unspecified atom stereocenters. The summed E-state index contributed by atoms with van der Waals surface area (Å²) in [4.78, 5) is 60.1. The van der Waals surface area contributed by atoms with Crippen molar-refractivity contribution >= 4 is 35.0 Å². The number of benzene rings is 2. The van der Waals surface area contributed by atoms with Gasteiger partial charge in [0.25, 0.3) is 11.8 Å². The van der Waals surface area contributed by atoms with Gasteiger partial charge in [-0.1, -0.05) is 10.3 Å². The predicted molar refractivity (Wildman–Crippen MR) is 187 cm³/mol. The lowest BCUT2D eigenvalue weighted by Crippen LogP contribution is -2.43. The van der Waals surface area contributed by atoms with Crippen molar-refractivity contribution in [1.82, 2.24) is 25.1 Å². The van der Waals surface area contributed by atoms with Crippen molar-refractivity contribution in [3.05, 3.63) is 88.8 Å². The number of likely N-dealkylation sites (tertiary alicyclic amines) is 2. The normalized spacial score (nSPS) is 19.8. The number of nitrogens with zero attached hydrogens (tertiary/aromatic N) is 5. The highest BCUT2D eigenvalue weighted by Gasteiger charge is 2.42. The second kappa shape index (κ2) is 14.1. The maximum Gasteiger partial charge on any atom is 0.260 e. The van der Waals surface area contributed by atoms with E-state index in [0.717, 1.165) is 0 Å². The number of anilines is 2. The lowest BCUT2D eigenvalue weighted by atomic mass is 10.1. The SMILES string of the molecule is Cc1noc(C)c1C(=O)N1CC(O)CC1C(=O)Nc1ccc(-c2cnc(-c3ccc(NC(=O)C4CC(O)CN4C(=O)c4c(C)noc4C)cc3)o2)cc1. The Morgan fingerprint density at radius 1 is 0.679 bits per heavy atom. The second-order valence-electron chi connectivity index (χ2n) is 13.3. The third-order valence-electron chi connectivity index (χ3n) is 9.52. The summed E-state index contributed by atoms with van der Waals surface area (Å²) in [5, 5.41) is 33.9. The fourth-order valence-corrected chi connectivity index (χ4v) is 6.84. The monoisotopic (exact) mass is 723 g/mol. The van der Waals surface area contributed by atoms with Crippen LogP contribution in [0.1, 0.15) is 56.5 Å². The fraction of sp³-hybridized carbons (Fsp3) is 0.324. The van der Waals surface area contributed by atoms with Gasteiger partial charge in [0.15, 0.2) is 5.76 Å². The van der Waals surface area contributed by atoms with Crippen molar-refractivity contribution in [2.75, 3.05) is 23.7 Å². The lowest BCUT2D eigenvalue weighted by molar-refractivity contribution is -0.120. The maximum absolute atomic E-state index is 13.3. The molecule has 2 aliphatic heterocycles. The van der Waals surface area contributed by atoms with Gasteiger partial charge in [-0.2, -0.15) is 0 Å². The van der Waals surface area contributed by atoms with Crippen LogP contribution in [-0.4, -0.2) is 96.3 Å². The molecule has 2 aliphatic rings. The Hall–Kier alpha value is -6.13. The van der Waals surface area contributed by atoms with Crippen LogP contribution >= 0.6 is 0 Å². The number of nitrogens with one attached hydrogen (secondary N) is 2. The van der Waals surface area contributed by atoms with Crippen molar-refractivity contribution in [1.29, 1.82) is 0 Å². The minimum absolute atomic E-state index is 0.0152. The summed E-state index contributed by atoms with van der Waals surface area (Å²) in [6.45, 7) is 6.58. The van der Waals surface area contributed by atoms with Gasteiger partial charge in [0.2, 0.25) is 17.7 Å². The molecule has 5 heterocycles. The summed E-state index contributed by atoms with van der Waals surface area (Å²) in [5.74, 6) is -0.199. The van der Waals surface area contributed by atoms with E-state index in [2.05, 4.69) is 25.9 Å². The van der Waals surface area contributed by atoms with Crippen LogP contribution in [0.15, 0.2) is 68.2 Å². The zero-order valence-corrected chi connectivity index (χ0v) is 29.3. The molecule has 2 fully saturated rings. The molecule has 274 valence electrons. The highest BCUT2D eigenvalue weighted by Crippen LogP contribution is 2.30. The van der Waals surface area contributed by atoms with E-state index in [1.54, 1.807) is 82.4 Å². The van der Waals surface area contributed by atoms with Crippen LogP contribution in [0.25, 0.3) is 22.8 Å². The highest BCUT2D eigenvalue weighted by atomic mass is 16.5. The van der Waals surface area contributed by atoms with Gasteiger partial charge < -0.3 is 44.1 Å². The molecule has 0 bridgehead atoms. The van der Waals surface area contributed by atoms with Crippen LogP contribution in [0.4, 0.5) is 11.4 Å². The third-order valence-corrected chi connectivity index (χ3v) is 9.52. The number of carbonyl (C=O) groups excluding carboxylic acids is 4. The zero-order valence-electron chi connectivity index (χ0n) is 29.3. The molecule has 0 spiro atoms. The summed E-state index contributed by atoms with van der Waals surface area (Å²) < 4.78 is 16.3. The number of aliphatic hydroxyl groups is 2. The highest BCUT2D eigenvalue weighted by molar-refractivity contribution is 6.03. The lowest BCUT2D eigenvalue weighted by Gasteiger charge is -2.23. The standard InChI is InChI=1S/C37H37N7O9/c1-18-31(20(3)52-41-18)36(49)43-16-26(45)13-28(43)33(47)39-24-9-5-22(6-10-24)30-15-38-35(51-30)23-7-11-25(12-8-23)40-34(48)29-14-27(46)17-44(29)37(50)32-19(2)42-53-21(32)4/h5-12,15,26-29,45-46H,13-14,16-17H2,1-4H3,(H,39,47)(H,40,48). The van der Waals surface area contributed by atoms with Crippen molar-refractivity contribution < 1.29 is 42.9 Å². The Morgan fingerprint density at radius 3 is 1.53 bits per heavy atom. The number of aryl methyl sites for hydroxylation is 4. The molecule has 16 heteroatoms. The molecule has 16 nitrogen and oxygen atoms in total. The van der Waals surface area contributed by atoms with Gasteiger partial charge in [-0.15, -0.1) is 0 Å².